The van der Waals surface area contributed by atoms with Crippen LogP contribution in [-0.2, 0) is 4.74 Å². The van der Waals surface area contributed by atoms with Gasteiger partial charge in [0.25, 0.3) is 0 Å². The zero-order valence-corrected chi connectivity index (χ0v) is 11.1. The summed E-state index contributed by atoms with van der Waals surface area (Å²) in [5, 5.41) is 0.00372. The van der Waals surface area contributed by atoms with Crippen LogP contribution in [-0.4, -0.2) is 13.1 Å². The van der Waals surface area contributed by atoms with Crippen LogP contribution in [0.15, 0.2) is 36.4 Å². The molecule has 0 amide bonds. The van der Waals surface area contributed by atoms with Crippen molar-refractivity contribution in [2.45, 2.75) is 0 Å². The highest BCUT2D eigenvalue weighted by atomic mass is 35.5. The van der Waals surface area contributed by atoms with Gasteiger partial charge >= 0.3 is 5.97 Å². The molecule has 0 unspecified atom stereocenters. The quantitative estimate of drug-likeness (QED) is 0.797. The highest BCUT2D eigenvalue weighted by Gasteiger charge is 2.15. The average molecular weight is 299 g/mol. The van der Waals surface area contributed by atoms with Gasteiger partial charge in [0, 0.05) is 18.2 Å². The predicted molar refractivity (Wildman–Crippen MR) is 69.2 cm³/mol. The number of benzene rings is 2. The lowest BCUT2D eigenvalue weighted by atomic mass is 10.2. The van der Waals surface area contributed by atoms with E-state index in [9.17, 15) is 13.6 Å². The van der Waals surface area contributed by atoms with Gasteiger partial charge in [-0.2, -0.15) is 0 Å². The molecule has 0 saturated heterocycles. The van der Waals surface area contributed by atoms with Crippen molar-refractivity contribution in [1.82, 2.24) is 0 Å². The number of ether oxygens (including phenoxy) is 2. The zero-order valence-electron chi connectivity index (χ0n) is 10.3. The highest BCUT2D eigenvalue weighted by Crippen LogP contribution is 2.32. The molecule has 3 nitrogen and oxygen atoms in total. The normalized spacial score (nSPS) is 10.2. The Kier molecular flexibility index (Phi) is 4.20. The molecule has 0 saturated carbocycles. The van der Waals surface area contributed by atoms with Gasteiger partial charge in [-0.15, -0.1) is 0 Å². The summed E-state index contributed by atoms with van der Waals surface area (Å²) in [7, 11) is 1.22. The molecule has 20 heavy (non-hydrogen) atoms. The van der Waals surface area contributed by atoms with Crippen LogP contribution in [0.25, 0.3) is 0 Å². The Bertz CT molecular complexity index is 639. The maximum absolute atomic E-state index is 13.1. The smallest absolute Gasteiger partial charge is 0.339 e. The fourth-order valence-electron chi connectivity index (χ4n) is 1.57. The second-order valence-corrected chi connectivity index (χ2v) is 4.19. The van der Waals surface area contributed by atoms with E-state index < -0.39 is 17.6 Å². The monoisotopic (exact) mass is 298 g/mol. The van der Waals surface area contributed by atoms with Gasteiger partial charge in [-0.1, -0.05) is 17.7 Å². The van der Waals surface area contributed by atoms with Gasteiger partial charge in [-0.05, 0) is 12.1 Å². The maximum atomic E-state index is 13.1. The van der Waals surface area contributed by atoms with E-state index in [0.717, 1.165) is 18.2 Å². The minimum absolute atomic E-state index is 0.00372. The van der Waals surface area contributed by atoms with Crippen molar-refractivity contribution >= 4 is 17.6 Å². The van der Waals surface area contributed by atoms with Gasteiger partial charge in [0.05, 0.1) is 17.7 Å². The summed E-state index contributed by atoms with van der Waals surface area (Å²) >= 11 is 6.00. The summed E-state index contributed by atoms with van der Waals surface area (Å²) in [6, 6.07) is 7.17. The van der Waals surface area contributed by atoms with Crippen LogP contribution in [0.1, 0.15) is 10.4 Å². The molecule has 0 fully saturated rings. The lowest BCUT2D eigenvalue weighted by molar-refractivity contribution is 0.0600. The van der Waals surface area contributed by atoms with Crippen LogP contribution in [0.5, 0.6) is 11.5 Å². The third kappa shape index (κ3) is 3.05. The Hall–Kier alpha value is -2.14. The van der Waals surface area contributed by atoms with E-state index in [1.165, 1.54) is 25.3 Å². The third-order valence-corrected chi connectivity index (χ3v) is 2.82. The fraction of sp³-hybridized carbons (Fsp3) is 0.0714. The van der Waals surface area contributed by atoms with Crippen molar-refractivity contribution in [3.05, 3.63) is 58.6 Å². The topological polar surface area (TPSA) is 35.5 Å². The van der Waals surface area contributed by atoms with Crippen molar-refractivity contribution in [2.75, 3.05) is 7.11 Å². The molecule has 0 atom stereocenters. The molecule has 0 aromatic heterocycles. The van der Waals surface area contributed by atoms with Crippen LogP contribution >= 0.6 is 11.6 Å². The van der Waals surface area contributed by atoms with Crippen molar-refractivity contribution in [1.29, 1.82) is 0 Å². The van der Waals surface area contributed by atoms with E-state index in [0.29, 0.717) is 0 Å². The first kappa shape index (κ1) is 14.3. The zero-order chi connectivity index (χ0) is 14.7. The number of methoxy groups -OCH3 is 1. The number of rotatable bonds is 3. The van der Waals surface area contributed by atoms with Crippen molar-refractivity contribution in [2.24, 2.45) is 0 Å². The maximum Gasteiger partial charge on any atom is 0.339 e. The predicted octanol–water partition coefficient (Wildman–Crippen LogP) is 4.20. The second kappa shape index (κ2) is 5.88. The molecule has 0 bridgehead atoms. The van der Waals surface area contributed by atoms with E-state index in [-0.39, 0.29) is 22.1 Å². The summed E-state index contributed by atoms with van der Waals surface area (Å²) in [4.78, 5) is 11.5. The minimum Gasteiger partial charge on any atom is -0.465 e. The molecule has 0 heterocycles. The molecule has 2 aromatic carbocycles. The Labute approximate surface area is 118 Å². The molecule has 2 rings (SSSR count). The molecular weight excluding hydrogens is 290 g/mol. The SMILES string of the molecule is COC(=O)c1cccc(Oc2cc(F)cc(F)c2)c1Cl. The van der Waals surface area contributed by atoms with Crippen LogP contribution in [0.2, 0.25) is 5.02 Å². The van der Waals surface area contributed by atoms with E-state index >= 15 is 0 Å². The summed E-state index contributed by atoms with van der Waals surface area (Å²) < 4.78 is 36.0. The molecular formula is C14H9ClF2O3. The first-order chi connectivity index (χ1) is 9.51. The molecule has 0 aliphatic heterocycles. The Morgan fingerprint density at radius 2 is 1.80 bits per heavy atom. The molecule has 0 radical (unpaired) electrons. The summed E-state index contributed by atoms with van der Waals surface area (Å²) in [5.41, 5.74) is 0.101. The number of hydrogen-bond donors (Lipinski definition) is 0. The summed E-state index contributed by atoms with van der Waals surface area (Å²) in [6.07, 6.45) is 0. The summed E-state index contributed by atoms with van der Waals surface area (Å²) in [6.45, 7) is 0. The molecule has 104 valence electrons. The largest absolute Gasteiger partial charge is 0.465 e. The van der Waals surface area contributed by atoms with Crippen LogP contribution in [0.4, 0.5) is 8.78 Å². The van der Waals surface area contributed by atoms with Crippen LogP contribution < -0.4 is 4.74 Å². The number of esters is 1. The van der Waals surface area contributed by atoms with E-state index in [2.05, 4.69) is 4.74 Å². The van der Waals surface area contributed by atoms with E-state index in [1.807, 2.05) is 0 Å². The van der Waals surface area contributed by atoms with E-state index in [1.54, 1.807) is 0 Å². The number of hydrogen-bond acceptors (Lipinski definition) is 3. The van der Waals surface area contributed by atoms with Gasteiger partial charge in [-0.3, -0.25) is 0 Å². The number of carbonyl (C=O) groups excluding carboxylic acids is 1. The summed E-state index contributed by atoms with van der Waals surface area (Å²) in [5.74, 6) is -2.16. The van der Waals surface area contributed by atoms with Crippen molar-refractivity contribution < 1.29 is 23.0 Å². The van der Waals surface area contributed by atoms with Crippen LogP contribution in [0, 0.1) is 11.6 Å². The van der Waals surface area contributed by atoms with Gasteiger partial charge in [0.1, 0.15) is 23.1 Å². The number of carbonyl (C=O) groups is 1. The van der Waals surface area contributed by atoms with Gasteiger partial charge < -0.3 is 9.47 Å². The fourth-order valence-corrected chi connectivity index (χ4v) is 1.81. The number of halogens is 3. The highest BCUT2D eigenvalue weighted by molar-refractivity contribution is 6.35. The van der Waals surface area contributed by atoms with Crippen molar-refractivity contribution in [3.63, 3.8) is 0 Å². The molecule has 0 spiro atoms. The van der Waals surface area contributed by atoms with Gasteiger partial charge in [0.15, 0.2) is 0 Å². The van der Waals surface area contributed by atoms with Gasteiger partial charge in [0.2, 0.25) is 0 Å². The van der Waals surface area contributed by atoms with Crippen molar-refractivity contribution in [3.8, 4) is 11.5 Å². The van der Waals surface area contributed by atoms with Crippen LogP contribution in [0.3, 0.4) is 0 Å². The van der Waals surface area contributed by atoms with Gasteiger partial charge in [-0.25, -0.2) is 13.6 Å². The lowest BCUT2D eigenvalue weighted by Gasteiger charge is -2.10. The van der Waals surface area contributed by atoms with E-state index in [4.69, 9.17) is 16.3 Å². The molecule has 0 N–H and O–H groups in total. The molecule has 2 aromatic rings. The molecule has 6 heteroatoms. The first-order valence-electron chi connectivity index (χ1n) is 5.52. The molecule has 0 aliphatic rings. The Morgan fingerprint density at radius 3 is 2.40 bits per heavy atom. The Morgan fingerprint density at radius 1 is 1.15 bits per heavy atom. The average Bonchev–Trinajstić information content (AvgIpc) is 2.39. The third-order valence-electron chi connectivity index (χ3n) is 2.43. The second-order valence-electron chi connectivity index (χ2n) is 3.82. The lowest BCUT2D eigenvalue weighted by Crippen LogP contribution is -2.02. The standard InChI is InChI=1S/C14H9ClF2O3/c1-19-14(18)11-3-2-4-12(13(11)15)20-10-6-8(16)5-9(17)7-10/h2-7H,1H3. The molecule has 0 aliphatic carbocycles. The Balaban J connectivity index is 2.36. The first-order valence-corrected chi connectivity index (χ1v) is 5.90. The minimum atomic E-state index is -0.778.